The maximum atomic E-state index is 12.2. The summed E-state index contributed by atoms with van der Waals surface area (Å²) < 4.78 is 2.21. The first-order chi connectivity index (χ1) is 8.65. The Morgan fingerprint density at radius 2 is 2.06 bits per heavy atom. The van der Waals surface area contributed by atoms with Gasteiger partial charge in [0.15, 0.2) is 0 Å². The number of hydrogen-bond acceptors (Lipinski definition) is 3. The highest BCUT2D eigenvalue weighted by atomic mass is 127. The minimum atomic E-state index is 0.0583. The summed E-state index contributed by atoms with van der Waals surface area (Å²) >= 11 is 2.27. The normalized spacial score (nSPS) is 19.7. The molecule has 1 unspecified atom stereocenters. The van der Waals surface area contributed by atoms with Crippen LogP contribution in [0.3, 0.4) is 0 Å². The maximum absolute atomic E-state index is 12.2. The second-order valence-corrected chi connectivity index (χ2v) is 6.13. The summed E-state index contributed by atoms with van der Waals surface area (Å²) in [7, 11) is 5.24. The lowest BCUT2D eigenvalue weighted by Crippen LogP contribution is -2.28. The third-order valence-electron chi connectivity index (χ3n) is 2.93. The fourth-order valence-electron chi connectivity index (χ4n) is 2.07. The van der Waals surface area contributed by atoms with Crippen LogP contribution in [0, 0.1) is 0 Å². The van der Waals surface area contributed by atoms with Gasteiger partial charge in [0.05, 0.1) is 6.04 Å². The number of amides is 1. The number of hydrogen-bond donors (Lipinski definition) is 0. The summed E-state index contributed by atoms with van der Waals surface area (Å²) in [6, 6.07) is 10.2. The van der Waals surface area contributed by atoms with Crippen molar-refractivity contribution in [3.8, 4) is 0 Å². The highest BCUT2D eigenvalue weighted by molar-refractivity contribution is 14.2. The maximum Gasteiger partial charge on any atom is 0.250 e. The predicted molar refractivity (Wildman–Crippen MR) is 84.3 cm³/mol. The molecule has 0 spiro atoms. The zero-order valence-electron chi connectivity index (χ0n) is 10.3. The molecule has 0 fully saturated rings. The van der Waals surface area contributed by atoms with Crippen LogP contribution in [0.2, 0.25) is 0 Å². The van der Waals surface area contributed by atoms with Gasteiger partial charge in [-0.25, -0.2) is 4.31 Å². The van der Waals surface area contributed by atoms with E-state index >= 15 is 0 Å². The molecule has 0 saturated heterocycles. The second-order valence-electron chi connectivity index (χ2n) is 4.34. The van der Waals surface area contributed by atoms with Crippen molar-refractivity contribution < 1.29 is 4.79 Å². The van der Waals surface area contributed by atoms with Crippen LogP contribution >= 0.6 is 30.3 Å². The molecule has 0 radical (unpaired) electrons. The molecule has 1 heterocycles. The molecule has 0 aromatic heterocycles. The minimum absolute atomic E-state index is 0.0583. The van der Waals surface area contributed by atoms with E-state index in [2.05, 4.69) is 37.6 Å². The Kier molecular flexibility index (Phi) is 4.69. The first-order valence-electron chi connectivity index (χ1n) is 5.67. The van der Waals surface area contributed by atoms with E-state index in [0.717, 1.165) is 12.1 Å². The van der Waals surface area contributed by atoms with Crippen LogP contribution in [0.15, 0.2) is 42.0 Å². The lowest BCUT2D eigenvalue weighted by molar-refractivity contribution is -0.125. The SMILES string of the molecule is CN(C)C(=O)C1=CCN(SI)C1c1ccccc1. The summed E-state index contributed by atoms with van der Waals surface area (Å²) in [5.41, 5.74) is 2.04. The first-order valence-corrected chi connectivity index (χ1v) is 8.98. The van der Waals surface area contributed by atoms with Gasteiger partial charge in [-0.1, -0.05) is 36.4 Å². The average Bonchev–Trinajstić information content (AvgIpc) is 2.82. The zero-order valence-corrected chi connectivity index (χ0v) is 13.3. The van der Waals surface area contributed by atoms with Crippen LogP contribution in [0.4, 0.5) is 0 Å². The van der Waals surface area contributed by atoms with E-state index in [1.807, 2.05) is 24.3 Å². The largest absolute Gasteiger partial charge is 0.345 e. The number of carbonyl (C=O) groups is 1. The van der Waals surface area contributed by atoms with E-state index in [0.29, 0.717) is 0 Å². The number of nitrogens with zero attached hydrogens (tertiary/aromatic N) is 2. The molecule has 1 amide bonds. The molecule has 2 rings (SSSR count). The van der Waals surface area contributed by atoms with Gasteiger partial charge >= 0.3 is 0 Å². The Balaban J connectivity index is 2.33. The van der Waals surface area contributed by atoms with E-state index in [1.54, 1.807) is 28.1 Å². The van der Waals surface area contributed by atoms with Crippen LogP contribution in [-0.4, -0.2) is 35.8 Å². The van der Waals surface area contributed by atoms with Crippen LogP contribution in [-0.2, 0) is 4.79 Å². The van der Waals surface area contributed by atoms with Gasteiger partial charge in [-0.3, -0.25) is 4.79 Å². The Hall–Kier alpha value is -0.530. The van der Waals surface area contributed by atoms with Crippen LogP contribution in [0.5, 0.6) is 0 Å². The van der Waals surface area contributed by atoms with Gasteiger partial charge in [0, 0.05) is 47.4 Å². The molecule has 0 saturated carbocycles. The summed E-state index contributed by atoms with van der Waals surface area (Å²) in [4.78, 5) is 13.9. The van der Waals surface area contributed by atoms with Gasteiger partial charge in [-0.15, -0.1) is 0 Å². The van der Waals surface area contributed by atoms with Crippen molar-refractivity contribution in [3.63, 3.8) is 0 Å². The van der Waals surface area contributed by atoms with E-state index < -0.39 is 0 Å². The fraction of sp³-hybridized carbons (Fsp3) is 0.308. The first kappa shape index (κ1) is 13.9. The third-order valence-corrected chi connectivity index (χ3v) is 4.99. The van der Waals surface area contributed by atoms with Crippen LogP contribution < -0.4 is 0 Å². The number of carbonyl (C=O) groups excluding carboxylic acids is 1. The number of rotatable bonds is 3. The third kappa shape index (κ3) is 2.73. The molecular weight excluding hydrogens is 359 g/mol. The zero-order chi connectivity index (χ0) is 13.1. The van der Waals surface area contributed by atoms with E-state index in [1.165, 1.54) is 5.56 Å². The highest BCUT2D eigenvalue weighted by Crippen LogP contribution is 2.40. The van der Waals surface area contributed by atoms with Gasteiger partial charge in [0.2, 0.25) is 0 Å². The van der Waals surface area contributed by atoms with Gasteiger partial charge < -0.3 is 4.90 Å². The lowest BCUT2D eigenvalue weighted by Gasteiger charge is -2.25. The molecule has 5 heteroatoms. The number of likely N-dealkylation sites (N-methyl/N-ethyl adjacent to an activating group) is 1. The molecule has 1 aliphatic rings. The summed E-state index contributed by atoms with van der Waals surface area (Å²) in [6.07, 6.45) is 2.03. The van der Waals surface area contributed by atoms with Crippen LogP contribution in [0.1, 0.15) is 11.6 Å². The van der Waals surface area contributed by atoms with Crippen molar-refractivity contribution >= 4 is 36.2 Å². The van der Waals surface area contributed by atoms with Crippen LogP contribution in [0.25, 0.3) is 0 Å². The minimum Gasteiger partial charge on any atom is -0.345 e. The Morgan fingerprint density at radius 1 is 1.39 bits per heavy atom. The summed E-state index contributed by atoms with van der Waals surface area (Å²) in [5.74, 6) is 0.0943. The molecular formula is C13H15IN2OS. The van der Waals surface area contributed by atoms with E-state index in [-0.39, 0.29) is 11.9 Å². The molecule has 96 valence electrons. The fourth-order valence-corrected chi connectivity index (χ4v) is 3.68. The Morgan fingerprint density at radius 3 is 2.61 bits per heavy atom. The monoisotopic (exact) mass is 374 g/mol. The molecule has 1 aliphatic heterocycles. The highest BCUT2D eigenvalue weighted by Gasteiger charge is 2.33. The predicted octanol–water partition coefficient (Wildman–Crippen LogP) is 3.06. The summed E-state index contributed by atoms with van der Waals surface area (Å²) in [6.45, 7) is 0.808. The van der Waals surface area contributed by atoms with Crippen molar-refractivity contribution in [1.29, 1.82) is 0 Å². The van der Waals surface area contributed by atoms with E-state index in [4.69, 9.17) is 0 Å². The smallest absolute Gasteiger partial charge is 0.250 e. The molecule has 0 aliphatic carbocycles. The standard InChI is InChI=1S/C13H15IN2OS/c1-15(2)13(17)11-8-9-16(18-14)12(11)10-6-4-3-5-7-10/h3-8,12H,9H2,1-2H3. The number of benzene rings is 1. The van der Waals surface area contributed by atoms with E-state index in [9.17, 15) is 4.79 Å². The molecule has 1 aromatic rings. The van der Waals surface area contributed by atoms with Gasteiger partial charge in [-0.2, -0.15) is 0 Å². The van der Waals surface area contributed by atoms with Gasteiger partial charge in [-0.05, 0) is 14.7 Å². The molecule has 0 bridgehead atoms. The molecule has 18 heavy (non-hydrogen) atoms. The quantitative estimate of drug-likeness (QED) is 0.600. The van der Waals surface area contributed by atoms with Crippen molar-refractivity contribution in [2.24, 2.45) is 0 Å². The van der Waals surface area contributed by atoms with Gasteiger partial charge in [0.1, 0.15) is 0 Å². The van der Waals surface area contributed by atoms with Crippen molar-refractivity contribution in [3.05, 3.63) is 47.5 Å². The molecule has 1 aromatic carbocycles. The average molecular weight is 374 g/mol. The van der Waals surface area contributed by atoms with Crippen molar-refractivity contribution in [2.75, 3.05) is 20.6 Å². The second kappa shape index (κ2) is 6.08. The number of halogens is 1. The molecule has 0 N–H and O–H groups in total. The molecule has 1 atom stereocenters. The molecule has 3 nitrogen and oxygen atoms in total. The lowest BCUT2D eigenvalue weighted by atomic mass is 10.00. The Labute approximate surface area is 124 Å². The topological polar surface area (TPSA) is 23.6 Å². The van der Waals surface area contributed by atoms with Crippen molar-refractivity contribution in [1.82, 2.24) is 9.21 Å². The Bertz CT molecular complexity index is 461. The van der Waals surface area contributed by atoms with Gasteiger partial charge in [0.25, 0.3) is 5.91 Å². The van der Waals surface area contributed by atoms with Crippen molar-refractivity contribution in [2.45, 2.75) is 6.04 Å². The summed E-state index contributed by atoms with van der Waals surface area (Å²) in [5, 5.41) is 0.